The molecule has 0 spiro atoms. The van der Waals surface area contributed by atoms with Gasteiger partial charge in [-0.25, -0.2) is 9.78 Å². The molecule has 1 fully saturated rings. The van der Waals surface area contributed by atoms with Gasteiger partial charge < -0.3 is 19.9 Å². The zero-order valence-corrected chi connectivity index (χ0v) is 13.4. The maximum atomic E-state index is 11.8. The Morgan fingerprint density at radius 3 is 2.77 bits per heavy atom. The third-order valence-corrected chi connectivity index (χ3v) is 3.10. The van der Waals surface area contributed by atoms with Crippen LogP contribution in [0.1, 0.15) is 39.3 Å². The smallest absolute Gasteiger partial charge is 0.407 e. The fourth-order valence-electron chi connectivity index (χ4n) is 1.96. The van der Waals surface area contributed by atoms with Gasteiger partial charge in [-0.1, -0.05) is 0 Å². The van der Waals surface area contributed by atoms with Crippen molar-refractivity contribution in [2.75, 3.05) is 6.54 Å². The van der Waals surface area contributed by atoms with Crippen molar-refractivity contribution in [3.63, 3.8) is 0 Å². The monoisotopic (exact) mass is 308 g/mol. The van der Waals surface area contributed by atoms with E-state index in [-0.39, 0.29) is 12.5 Å². The van der Waals surface area contributed by atoms with Crippen LogP contribution < -0.4 is 10.6 Å². The van der Waals surface area contributed by atoms with Gasteiger partial charge in [0, 0.05) is 30.9 Å². The Morgan fingerprint density at radius 2 is 2.14 bits per heavy atom. The molecule has 2 amide bonds. The number of carbonyl (C=O) groups excluding carboxylic acids is 2. The van der Waals surface area contributed by atoms with Crippen molar-refractivity contribution >= 4 is 12.0 Å². The van der Waals surface area contributed by atoms with Crippen LogP contribution in [0.15, 0.2) is 12.5 Å². The molecular weight excluding hydrogens is 284 g/mol. The van der Waals surface area contributed by atoms with Crippen LogP contribution in [0.25, 0.3) is 0 Å². The zero-order chi connectivity index (χ0) is 16.2. The summed E-state index contributed by atoms with van der Waals surface area (Å²) in [6.07, 6.45) is 5.64. The Hall–Kier alpha value is -2.05. The molecule has 1 saturated carbocycles. The maximum absolute atomic E-state index is 11.8. The second-order valence-corrected chi connectivity index (χ2v) is 6.53. The Bertz CT molecular complexity index is 529. The van der Waals surface area contributed by atoms with Gasteiger partial charge >= 0.3 is 6.09 Å². The molecule has 1 aliphatic rings. The van der Waals surface area contributed by atoms with Crippen molar-refractivity contribution < 1.29 is 14.3 Å². The van der Waals surface area contributed by atoms with Gasteiger partial charge in [-0.15, -0.1) is 0 Å². The number of aromatic nitrogens is 2. The molecule has 0 unspecified atom stereocenters. The number of alkyl carbamates (subject to hydrolysis) is 1. The Morgan fingerprint density at radius 1 is 1.41 bits per heavy atom. The normalized spacial score (nSPS) is 14.5. The fourth-order valence-corrected chi connectivity index (χ4v) is 1.96. The number of nitrogens with one attached hydrogen (secondary N) is 2. The van der Waals surface area contributed by atoms with Gasteiger partial charge in [0.05, 0.1) is 6.33 Å². The molecular formula is C15H24N4O3. The lowest BCUT2D eigenvalue weighted by Gasteiger charge is -2.19. The predicted molar refractivity (Wildman–Crippen MR) is 81.3 cm³/mol. The van der Waals surface area contributed by atoms with Gasteiger partial charge in [0.15, 0.2) is 0 Å². The molecule has 2 N–H and O–H groups in total. The first-order valence-electron chi connectivity index (χ1n) is 7.59. The molecule has 0 radical (unpaired) electrons. The van der Waals surface area contributed by atoms with Crippen LogP contribution >= 0.6 is 0 Å². The van der Waals surface area contributed by atoms with Crippen molar-refractivity contribution in [2.45, 2.75) is 58.2 Å². The highest BCUT2D eigenvalue weighted by Crippen LogP contribution is 2.18. The second-order valence-electron chi connectivity index (χ2n) is 6.53. The van der Waals surface area contributed by atoms with Crippen LogP contribution in [0.3, 0.4) is 0 Å². The molecule has 7 heteroatoms. The summed E-state index contributed by atoms with van der Waals surface area (Å²) in [5, 5.41) is 5.64. The largest absolute Gasteiger partial charge is 0.444 e. The second kappa shape index (κ2) is 6.81. The van der Waals surface area contributed by atoms with E-state index >= 15 is 0 Å². The summed E-state index contributed by atoms with van der Waals surface area (Å²) in [5.41, 5.74) is 0.397. The first-order chi connectivity index (χ1) is 10.3. The van der Waals surface area contributed by atoms with Gasteiger partial charge in [0.1, 0.15) is 12.1 Å². The lowest BCUT2D eigenvalue weighted by atomic mass is 10.2. The lowest BCUT2D eigenvalue weighted by molar-refractivity contribution is -0.121. The first kappa shape index (κ1) is 16.3. The minimum Gasteiger partial charge on any atom is -0.444 e. The maximum Gasteiger partial charge on any atom is 0.407 e. The van der Waals surface area contributed by atoms with E-state index in [1.54, 1.807) is 17.1 Å². The van der Waals surface area contributed by atoms with Crippen molar-refractivity contribution in [3.05, 3.63) is 18.2 Å². The Kier molecular flexibility index (Phi) is 5.05. The van der Waals surface area contributed by atoms with Crippen LogP contribution in [-0.2, 0) is 22.5 Å². The van der Waals surface area contributed by atoms with Gasteiger partial charge in [0.25, 0.3) is 0 Å². The van der Waals surface area contributed by atoms with E-state index in [0.29, 0.717) is 19.0 Å². The number of ether oxygens (including phenoxy) is 1. The summed E-state index contributed by atoms with van der Waals surface area (Å²) in [6.45, 7) is 6.16. The number of nitrogens with zero attached hydrogens (tertiary/aromatic N) is 2. The number of imidazole rings is 1. The van der Waals surface area contributed by atoms with E-state index < -0.39 is 11.7 Å². The predicted octanol–water partition coefficient (Wildman–Crippen LogP) is 1.23. The fraction of sp³-hybridized carbons (Fsp3) is 0.667. The number of hydrogen-bond donors (Lipinski definition) is 2. The van der Waals surface area contributed by atoms with Crippen LogP contribution in [0, 0.1) is 0 Å². The lowest BCUT2D eigenvalue weighted by Crippen LogP contribution is -2.34. The highest BCUT2D eigenvalue weighted by atomic mass is 16.6. The van der Waals surface area contributed by atoms with E-state index in [2.05, 4.69) is 15.6 Å². The first-order valence-corrected chi connectivity index (χ1v) is 7.59. The van der Waals surface area contributed by atoms with Crippen LogP contribution in [0.4, 0.5) is 4.79 Å². The van der Waals surface area contributed by atoms with E-state index in [9.17, 15) is 9.59 Å². The van der Waals surface area contributed by atoms with Crippen LogP contribution in [0.5, 0.6) is 0 Å². The molecule has 1 aromatic heterocycles. The van der Waals surface area contributed by atoms with Crippen molar-refractivity contribution in [2.24, 2.45) is 0 Å². The number of amides is 2. The Labute approximate surface area is 130 Å². The van der Waals surface area contributed by atoms with Gasteiger partial charge in [-0.2, -0.15) is 0 Å². The Balaban J connectivity index is 1.75. The highest BCUT2D eigenvalue weighted by Gasteiger charge is 2.23. The summed E-state index contributed by atoms with van der Waals surface area (Å²) < 4.78 is 6.97. The molecule has 7 nitrogen and oxygen atoms in total. The molecule has 122 valence electrons. The third-order valence-electron chi connectivity index (χ3n) is 3.10. The molecule has 22 heavy (non-hydrogen) atoms. The quantitative estimate of drug-likeness (QED) is 0.827. The summed E-state index contributed by atoms with van der Waals surface area (Å²) in [4.78, 5) is 27.4. The van der Waals surface area contributed by atoms with Crippen molar-refractivity contribution in [1.82, 2.24) is 20.2 Å². The van der Waals surface area contributed by atoms with Crippen LogP contribution in [0.2, 0.25) is 0 Å². The summed E-state index contributed by atoms with van der Waals surface area (Å²) in [6, 6.07) is 0.355. The van der Waals surface area contributed by atoms with E-state index in [1.807, 2.05) is 20.8 Å². The van der Waals surface area contributed by atoms with Gasteiger partial charge in [-0.3, -0.25) is 4.79 Å². The number of carbonyl (C=O) groups is 2. The van der Waals surface area contributed by atoms with Crippen LogP contribution in [-0.4, -0.2) is 39.7 Å². The molecule has 0 aromatic carbocycles. The molecule has 1 aliphatic carbocycles. The molecule has 0 bridgehead atoms. The van der Waals surface area contributed by atoms with E-state index in [4.69, 9.17) is 4.74 Å². The molecule has 1 heterocycles. The van der Waals surface area contributed by atoms with Gasteiger partial charge in [-0.05, 0) is 33.6 Å². The average molecular weight is 308 g/mol. The number of hydrogen-bond acceptors (Lipinski definition) is 4. The minimum atomic E-state index is -0.507. The van der Waals surface area contributed by atoms with E-state index in [0.717, 1.165) is 18.5 Å². The molecule has 2 rings (SSSR count). The van der Waals surface area contributed by atoms with E-state index in [1.165, 1.54) is 0 Å². The molecule has 1 aromatic rings. The van der Waals surface area contributed by atoms with Gasteiger partial charge in [0.2, 0.25) is 5.91 Å². The SMILES string of the molecule is CC(C)(C)OC(=O)NCCc1cncn1CC(=O)NC1CC1. The van der Waals surface area contributed by atoms with Crippen molar-refractivity contribution in [1.29, 1.82) is 0 Å². The highest BCUT2D eigenvalue weighted by molar-refractivity contribution is 5.76. The number of rotatable bonds is 6. The topological polar surface area (TPSA) is 85.2 Å². The molecule has 0 atom stereocenters. The minimum absolute atomic E-state index is 0.00171. The standard InChI is InChI=1S/C15H24N4O3/c1-15(2,3)22-14(21)17-7-6-12-8-16-10-19(12)9-13(20)18-11-4-5-11/h8,10-11H,4-7,9H2,1-3H3,(H,17,21)(H,18,20). The third kappa shape index (κ3) is 5.75. The van der Waals surface area contributed by atoms with Crippen molar-refractivity contribution in [3.8, 4) is 0 Å². The molecule has 0 saturated heterocycles. The summed E-state index contributed by atoms with van der Waals surface area (Å²) in [5.74, 6) is 0.00171. The average Bonchev–Trinajstić information content (AvgIpc) is 3.07. The molecule has 0 aliphatic heterocycles. The zero-order valence-electron chi connectivity index (χ0n) is 13.4. The summed E-state index contributed by atoms with van der Waals surface area (Å²) in [7, 11) is 0. The summed E-state index contributed by atoms with van der Waals surface area (Å²) >= 11 is 0.